The van der Waals surface area contributed by atoms with Crippen LogP contribution < -0.4 is 5.32 Å². The maximum absolute atomic E-state index is 13.0. The third-order valence-corrected chi connectivity index (χ3v) is 3.33. The zero-order valence-electron chi connectivity index (χ0n) is 8.90. The molecule has 3 rings (SSSR count). The van der Waals surface area contributed by atoms with Crippen LogP contribution in [0.2, 0.25) is 0 Å². The molecule has 1 aromatic carbocycles. The lowest BCUT2D eigenvalue weighted by Crippen LogP contribution is -1.98. The highest BCUT2D eigenvalue weighted by Gasteiger charge is 2.03. The Hall–Kier alpha value is -1.88. The molecular weight excluding hydrogens is 237 g/mol. The van der Waals surface area contributed by atoms with Crippen molar-refractivity contribution in [3.05, 3.63) is 46.4 Å². The Bertz CT molecular complexity index is 630. The van der Waals surface area contributed by atoms with Crippen molar-refractivity contribution in [2.75, 3.05) is 5.32 Å². The van der Waals surface area contributed by atoms with Gasteiger partial charge in [0.15, 0.2) is 0 Å². The van der Waals surface area contributed by atoms with Crippen LogP contribution in [0.4, 0.5) is 10.3 Å². The molecule has 0 aliphatic rings. The van der Waals surface area contributed by atoms with E-state index in [4.69, 9.17) is 0 Å². The lowest BCUT2D eigenvalue weighted by Gasteiger charge is -1.98. The van der Waals surface area contributed by atoms with Crippen molar-refractivity contribution in [2.45, 2.75) is 6.54 Å². The average Bonchev–Trinajstić information content (AvgIpc) is 2.94. The number of imidazole rings is 1. The second kappa shape index (κ2) is 4.18. The summed E-state index contributed by atoms with van der Waals surface area (Å²) in [4.78, 5) is 8.60. The fourth-order valence-corrected chi connectivity index (χ4v) is 2.29. The number of H-pyrrole nitrogens is 1. The van der Waals surface area contributed by atoms with Crippen molar-refractivity contribution in [2.24, 2.45) is 0 Å². The van der Waals surface area contributed by atoms with Gasteiger partial charge in [-0.25, -0.2) is 9.37 Å². The average molecular weight is 247 g/mol. The SMILES string of the molecule is Fc1ccc2nc(NCc3cccs3)[nH]c2c1. The highest BCUT2D eigenvalue weighted by Crippen LogP contribution is 2.16. The van der Waals surface area contributed by atoms with Crippen LogP contribution in [-0.2, 0) is 6.54 Å². The molecule has 17 heavy (non-hydrogen) atoms. The van der Waals surface area contributed by atoms with E-state index in [1.807, 2.05) is 11.4 Å². The fraction of sp³-hybridized carbons (Fsp3) is 0.0833. The molecule has 0 aliphatic heterocycles. The van der Waals surface area contributed by atoms with Crippen LogP contribution in [0.25, 0.3) is 11.0 Å². The molecule has 86 valence electrons. The van der Waals surface area contributed by atoms with Gasteiger partial charge in [-0.3, -0.25) is 0 Å². The Kier molecular flexibility index (Phi) is 2.53. The van der Waals surface area contributed by atoms with Gasteiger partial charge in [-0.15, -0.1) is 11.3 Å². The summed E-state index contributed by atoms with van der Waals surface area (Å²) >= 11 is 1.69. The molecular formula is C12H10FN3S. The van der Waals surface area contributed by atoms with E-state index in [9.17, 15) is 4.39 Å². The van der Waals surface area contributed by atoms with Gasteiger partial charge in [-0.2, -0.15) is 0 Å². The number of rotatable bonds is 3. The van der Waals surface area contributed by atoms with Crippen LogP contribution in [0.15, 0.2) is 35.7 Å². The number of nitrogens with zero attached hydrogens (tertiary/aromatic N) is 1. The maximum atomic E-state index is 13.0. The molecule has 2 N–H and O–H groups in total. The highest BCUT2D eigenvalue weighted by atomic mass is 32.1. The van der Waals surface area contributed by atoms with E-state index >= 15 is 0 Å². The normalized spacial score (nSPS) is 10.9. The quantitative estimate of drug-likeness (QED) is 0.745. The second-order valence-electron chi connectivity index (χ2n) is 3.68. The van der Waals surface area contributed by atoms with Gasteiger partial charge in [0, 0.05) is 4.88 Å². The Morgan fingerprint density at radius 2 is 2.29 bits per heavy atom. The molecule has 0 unspecified atom stereocenters. The Morgan fingerprint density at radius 1 is 1.35 bits per heavy atom. The Balaban J connectivity index is 1.81. The number of nitrogens with one attached hydrogen (secondary N) is 2. The van der Waals surface area contributed by atoms with Gasteiger partial charge in [0.05, 0.1) is 17.6 Å². The standard InChI is InChI=1S/C12H10FN3S/c13-8-3-4-10-11(6-8)16-12(15-10)14-7-9-2-1-5-17-9/h1-6H,7H2,(H2,14,15,16). The van der Waals surface area contributed by atoms with Gasteiger partial charge in [0.25, 0.3) is 0 Å². The van der Waals surface area contributed by atoms with Gasteiger partial charge in [-0.1, -0.05) is 6.07 Å². The van der Waals surface area contributed by atoms with Crippen molar-refractivity contribution in [3.63, 3.8) is 0 Å². The van der Waals surface area contributed by atoms with Crippen LogP contribution in [0, 0.1) is 5.82 Å². The van der Waals surface area contributed by atoms with E-state index in [1.165, 1.54) is 17.0 Å². The number of thiophene rings is 1. The topological polar surface area (TPSA) is 40.7 Å². The van der Waals surface area contributed by atoms with Crippen LogP contribution in [0.3, 0.4) is 0 Å². The minimum atomic E-state index is -0.258. The number of halogens is 1. The van der Waals surface area contributed by atoms with Crippen LogP contribution >= 0.6 is 11.3 Å². The van der Waals surface area contributed by atoms with Crippen LogP contribution in [0.5, 0.6) is 0 Å². The number of aromatic amines is 1. The number of anilines is 1. The first-order valence-electron chi connectivity index (χ1n) is 5.23. The van der Waals surface area contributed by atoms with E-state index in [-0.39, 0.29) is 5.82 Å². The van der Waals surface area contributed by atoms with Crippen molar-refractivity contribution in [3.8, 4) is 0 Å². The van der Waals surface area contributed by atoms with Crippen molar-refractivity contribution in [1.82, 2.24) is 9.97 Å². The van der Waals surface area contributed by atoms with Crippen LogP contribution in [0.1, 0.15) is 4.88 Å². The van der Waals surface area contributed by atoms with Crippen molar-refractivity contribution in [1.29, 1.82) is 0 Å². The summed E-state index contributed by atoms with van der Waals surface area (Å²) in [6, 6.07) is 8.58. The smallest absolute Gasteiger partial charge is 0.201 e. The second-order valence-corrected chi connectivity index (χ2v) is 4.71. The molecule has 0 radical (unpaired) electrons. The molecule has 0 bridgehead atoms. The number of hydrogen-bond donors (Lipinski definition) is 2. The molecule has 0 fully saturated rings. The predicted molar refractivity (Wildman–Crippen MR) is 67.7 cm³/mol. The summed E-state index contributed by atoms with van der Waals surface area (Å²) in [7, 11) is 0. The van der Waals surface area contributed by atoms with E-state index in [2.05, 4.69) is 21.4 Å². The third kappa shape index (κ3) is 2.14. The van der Waals surface area contributed by atoms with Crippen molar-refractivity contribution >= 4 is 28.3 Å². The maximum Gasteiger partial charge on any atom is 0.201 e. The molecule has 0 saturated carbocycles. The number of fused-ring (bicyclic) bond motifs is 1. The highest BCUT2D eigenvalue weighted by molar-refractivity contribution is 7.09. The first-order valence-corrected chi connectivity index (χ1v) is 6.11. The first-order chi connectivity index (χ1) is 8.31. The van der Waals surface area contributed by atoms with E-state index in [0.717, 1.165) is 12.1 Å². The third-order valence-electron chi connectivity index (χ3n) is 2.45. The summed E-state index contributed by atoms with van der Waals surface area (Å²) in [6.45, 7) is 0.722. The molecule has 5 heteroatoms. The van der Waals surface area contributed by atoms with E-state index < -0.39 is 0 Å². The van der Waals surface area contributed by atoms with E-state index in [0.29, 0.717) is 11.5 Å². The summed E-state index contributed by atoms with van der Waals surface area (Å²) in [5, 5.41) is 5.21. The zero-order chi connectivity index (χ0) is 11.7. The molecule has 2 aromatic heterocycles. The van der Waals surface area contributed by atoms with Gasteiger partial charge < -0.3 is 10.3 Å². The molecule has 2 heterocycles. The lowest BCUT2D eigenvalue weighted by atomic mass is 10.3. The van der Waals surface area contributed by atoms with Crippen molar-refractivity contribution < 1.29 is 4.39 Å². The molecule has 0 aliphatic carbocycles. The summed E-state index contributed by atoms with van der Waals surface area (Å²) in [5.41, 5.74) is 1.47. The number of hydrogen-bond acceptors (Lipinski definition) is 3. The van der Waals surface area contributed by atoms with Gasteiger partial charge in [-0.05, 0) is 29.6 Å². The Labute approximate surface area is 101 Å². The molecule has 0 atom stereocenters. The van der Waals surface area contributed by atoms with Gasteiger partial charge in [0.1, 0.15) is 5.82 Å². The number of aromatic nitrogens is 2. The van der Waals surface area contributed by atoms with Gasteiger partial charge >= 0.3 is 0 Å². The zero-order valence-corrected chi connectivity index (χ0v) is 9.72. The Morgan fingerprint density at radius 3 is 3.12 bits per heavy atom. The fourth-order valence-electron chi connectivity index (χ4n) is 1.65. The molecule has 3 nitrogen and oxygen atoms in total. The molecule has 0 spiro atoms. The summed E-state index contributed by atoms with van der Waals surface area (Å²) in [6.07, 6.45) is 0. The molecule has 3 aromatic rings. The summed E-state index contributed by atoms with van der Waals surface area (Å²) in [5.74, 6) is 0.407. The molecule has 0 saturated heterocycles. The number of benzene rings is 1. The minimum absolute atomic E-state index is 0.258. The lowest BCUT2D eigenvalue weighted by molar-refractivity contribution is 0.629. The van der Waals surface area contributed by atoms with E-state index in [1.54, 1.807) is 17.4 Å². The summed E-state index contributed by atoms with van der Waals surface area (Å²) < 4.78 is 13.0. The van der Waals surface area contributed by atoms with Crippen LogP contribution in [-0.4, -0.2) is 9.97 Å². The monoisotopic (exact) mass is 247 g/mol. The minimum Gasteiger partial charge on any atom is -0.351 e. The van der Waals surface area contributed by atoms with Gasteiger partial charge in [0.2, 0.25) is 5.95 Å². The predicted octanol–water partition coefficient (Wildman–Crippen LogP) is 3.38. The molecule has 0 amide bonds. The largest absolute Gasteiger partial charge is 0.351 e. The first kappa shape index (κ1) is 10.3.